The molecule has 3 rings (SSSR count). The quantitative estimate of drug-likeness (QED) is 0.868. The first-order valence-electron chi connectivity index (χ1n) is 8.92. The van der Waals surface area contributed by atoms with Crippen molar-refractivity contribution >= 4 is 23.2 Å². The van der Waals surface area contributed by atoms with E-state index in [1.807, 2.05) is 26.0 Å². The number of halogens is 1. The third kappa shape index (κ3) is 5.30. The first-order valence-corrected chi connectivity index (χ1v) is 9.30. The van der Waals surface area contributed by atoms with Gasteiger partial charge in [-0.2, -0.15) is 0 Å². The van der Waals surface area contributed by atoms with E-state index in [2.05, 4.69) is 20.1 Å². The van der Waals surface area contributed by atoms with Gasteiger partial charge in [-0.05, 0) is 51.6 Å². The number of rotatable bonds is 5. The molecule has 2 aromatic rings. The van der Waals surface area contributed by atoms with Crippen molar-refractivity contribution in [2.75, 3.05) is 38.0 Å². The maximum atomic E-state index is 12.3. The second kappa shape index (κ2) is 8.66. The van der Waals surface area contributed by atoms with Crippen LogP contribution >= 0.6 is 11.6 Å². The van der Waals surface area contributed by atoms with Gasteiger partial charge < -0.3 is 9.73 Å². The molecule has 2 heterocycles. The van der Waals surface area contributed by atoms with Crippen molar-refractivity contribution in [2.24, 2.45) is 0 Å². The highest BCUT2D eigenvalue weighted by atomic mass is 35.5. The lowest BCUT2D eigenvalue weighted by Crippen LogP contribution is -2.36. The summed E-state index contributed by atoms with van der Waals surface area (Å²) in [6.45, 7) is 8.64. The Balaban J connectivity index is 1.48. The first-order chi connectivity index (χ1) is 12.5. The van der Waals surface area contributed by atoms with Crippen LogP contribution in [0, 0.1) is 13.8 Å². The van der Waals surface area contributed by atoms with Crippen LogP contribution in [0.3, 0.4) is 0 Å². The summed E-state index contributed by atoms with van der Waals surface area (Å²) < 4.78 is 5.68. The lowest BCUT2D eigenvalue weighted by Gasteiger charge is -2.20. The van der Waals surface area contributed by atoms with Gasteiger partial charge in [0.05, 0.1) is 18.8 Å². The number of oxazole rings is 1. The van der Waals surface area contributed by atoms with Crippen LogP contribution < -0.4 is 5.32 Å². The second-order valence-corrected chi connectivity index (χ2v) is 7.15. The molecule has 140 valence electrons. The minimum absolute atomic E-state index is 0.0142. The molecular weight excluding hydrogens is 352 g/mol. The number of nitrogens with one attached hydrogen (secondary N) is 1. The van der Waals surface area contributed by atoms with Crippen LogP contribution in [0.15, 0.2) is 28.7 Å². The average Bonchev–Trinajstić information content (AvgIpc) is 2.76. The molecule has 0 unspecified atom stereocenters. The zero-order chi connectivity index (χ0) is 18.5. The molecule has 1 aromatic carbocycles. The predicted molar refractivity (Wildman–Crippen MR) is 102 cm³/mol. The fourth-order valence-electron chi connectivity index (χ4n) is 3.11. The lowest BCUT2D eigenvalue weighted by atomic mass is 10.3. The van der Waals surface area contributed by atoms with E-state index in [1.54, 1.807) is 12.1 Å². The Hall–Kier alpha value is -1.89. The number of carbonyl (C=O) groups excluding carboxylic acids is 1. The van der Waals surface area contributed by atoms with Crippen LogP contribution in [0.1, 0.15) is 23.8 Å². The third-order valence-electron chi connectivity index (χ3n) is 4.59. The van der Waals surface area contributed by atoms with E-state index in [9.17, 15) is 4.79 Å². The summed E-state index contributed by atoms with van der Waals surface area (Å²) in [7, 11) is 0. The van der Waals surface area contributed by atoms with Gasteiger partial charge in [0.2, 0.25) is 11.8 Å². The van der Waals surface area contributed by atoms with Crippen LogP contribution in [0.2, 0.25) is 5.02 Å². The van der Waals surface area contributed by atoms with Crippen molar-refractivity contribution in [3.63, 3.8) is 0 Å². The van der Waals surface area contributed by atoms with Gasteiger partial charge >= 0.3 is 0 Å². The van der Waals surface area contributed by atoms with E-state index >= 15 is 0 Å². The fraction of sp³-hybridized carbons (Fsp3) is 0.474. The van der Waals surface area contributed by atoms with E-state index in [1.165, 1.54) is 0 Å². The zero-order valence-corrected chi connectivity index (χ0v) is 16.1. The summed E-state index contributed by atoms with van der Waals surface area (Å²) in [6.07, 6.45) is 1.02. The van der Waals surface area contributed by atoms with Gasteiger partial charge in [-0.25, -0.2) is 4.98 Å². The van der Waals surface area contributed by atoms with Crippen molar-refractivity contribution < 1.29 is 9.21 Å². The van der Waals surface area contributed by atoms with Gasteiger partial charge in [0.15, 0.2) is 0 Å². The Kier molecular flexibility index (Phi) is 6.29. The number of aromatic nitrogens is 1. The van der Waals surface area contributed by atoms with Crippen LogP contribution in [0.4, 0.5) is 5.69 Å². The summed E-state index contributed by atoms with van der Waals surface area (Å²) in [5.74, 6) is 1.64. The summed E-state index contributed by atoms with van der Waals surface area (Å²) in [6, 6.07) is 7.21. The van der Waals surface area contributed by atoms with Crippen LogP contribution in [0.5, 0.6) is 0 Å². The Morgan fingerprint density at radius 2 is 2.00 bits per heavy atom. The molecule has 0 aliphatic carbocycles. The molecule has 7 heteroatoms. The Bertz CT molecular complexity index is 742. The molecule has 0 saturated carbocycles. The maximum absolute atomic E-state index is 12.3. The van der Waals surface area contributed by atoms with Crippen LogP contribution in [-0.2, 0) is 11.3 Å². The number of hydrogen-bond acceptors (Lipinski definition) is 5. The van der Waals surface area contributed by atoms with Crippen LogP contribution in [-0.4, -0.2) is 53.4 Å². The van der Waals surface area contributed by atoms with Crippen LogP contribution in [0.25, 0.3) is 0 Å². The van der Waals surface area contributed by atoms with Gasteiger partial charge in [-0.15, -0.1) is 0 Å². The monoisotopic (exact) mass is 376 g/mol. The number of hydrogen-bond donors (Lipinski definition) is 1. The molecule has 0 spiro atoms. The lowest BCUT2D eigenvalue weighted by molar-refractivity contribution is -0.117. The van der Waals surface area contributed by atoms with Gasteiger partial charge in [-0.3, -0.25) is 14.6 Å². The van der Waals surface area contributed by atoms with Crippen molar-refractivity contribution in [1.29, 1.82) is 0 Å². The molecule has 1 saturated heterocycles. The smallest absolute Gasteiger partial charge is 0.238 e. The van der Waals surface area contributed by atoms with Gasteiger partial charge in [0.25, 0.3) is 0 Å². The van der Waals surface area contributed by atoms with E-state index in [0.717, 1.165) is 62.2 Å². The predicted octanol–water partition coefficient (Wildman–Crippen LogP) is 3.09. The molecule has 1 fully saturated rings. The SMILES string of the molecule is Cc1nc(CN2CCCN(CC(=O)Nc3cccc(Cl)c3)CC2)oc1C. The second-order valence-electron chi connectivity index (χ2n) is 6.71. The van der Waals surface area contributed by atoms with Crippen molar-refractivity contribution in [3.8, 4) is 0 Å². The topological polar surface area (TPSA) is 61.6 Å². The molecule has 26 heavy (non-hydrogen) atoms. The molecule has 1 N–H and O–H groups in total. The molecule has 1 amide bonds. The zero-order valence-electron chi connectivity index (χ0n) is 15.3. The molecule has 0 atom stereocenters. The summed E-state index contributed by atoms with van der Waals surface area (Å²) in [5.41, 5.74) is 1.68. The summed E-state index contributed by atoms with van der Waals surface area (Å²) in [4.78, 5) is 21.3. The number of aryl methyl sites for hydroxylation is 2. The normalized spacial score (nSPS) is 16.4. The van der Waals surface area contributed by atoms with Gasteiger partial charge in [-0.1, -0.05) is 17.7 Å². The number of nitrogens with zero attached hydrogens (tertiary/aromatic N) is 3. The fourth-order valence-corrected chi connectivity index (χ4v) is 3.30. The summed E-state index contributed by atoms with van der Waals surface area (Å²) >= 11 is 5.96. The average molecular weight is 377 g/mol. The summed E-state index contributed by atoms with van der Waals surface area (Å²) in [5, 5.41) is 3.52. The van der Waals surface area contributed by atoms with E-state index < -0.39 is 0 Å². The molecule has 6 nitrogen and oxygen atoms in total. The van der Waals surface area contributed by atoms with Crippen molar-refractivity contribution in [3.05, 3.63) is 46.6 Å². The highest BCUT2D eigenvalue weighted by Crippen LogP contribution is 2.15. The Labute approximate surface area is 159 Å². The van der Waals surface area contributed by atoms with E-state index in [4.69, 9.17) is 16.0 Å². The molecule has 0 bridgehead atoms. The Morgan fingerprint density at radius 3 is 2.73 bits per heavy atom. The standard InChI is InChI=1S/C19H25ClN4O2/c1-14-15(2)26-19(21-14)13-24-8-4-7-23(9-10-24)12-18(25)22-17-6-3-5-16(20)11-17/h3,5-6,11H,4,7-10,12-13H2,1-2H3,(H,22,25). The molecule has 1 aliphatic rings. The maximum Gasteiger partial charge on any atom is 0.238 e. The highest BCUT2D eigenvalue weighted by Gasteiger charge is 2.19. The van der Waals surface area contributed by atoms with Crippen molar-refractivity contribution in [1.82, 2.24) is 14.8 Å². The first kappa shape index (κ1) is 18.9. The number of carbonyl (C=O) groups is 1. The number of amides is 1. The minimum atomic E-state index is -0.0142. The number of anilines is 1. The molecular formula is C19H25ClN4O2. The minimum Gasteiger partial charge on any atom is -0.444 e. The van der Waals surface area contributed by atoms with Gasteiger partial charge in [0.1, 0.15) is 5.76 Å². The van der Waals surface area contributed by atoms with E-state index in [0.29, 0.717) is 11.6 Å². The van der Waals surface area contributed by atoms with Gasteiger partial charge in [0, 0.05) is 23.8 Å². The molecule has 1 aromatic heterocycles. The van der Waals surface area contributed by atoms with E-state index in [-0.39, 0.29) is 5.91 Å². The third-order valence-corrected chi connectivity index (χ3v) is 4.82. The highest BCUT2D eigenvalue weighted by molar-refractivity contribution is 6.30. The molecule has 1 aliphatic heterocycles. The molecule has 0 radical (unpaired) electrons. The Morgan fingerprint density at radius 1 is 1.23 bits per heavy atom. The number of benzene rings is 1. The largest absolute Gasteiger partial charge is 0.444 e. The van der Waals surface area contributed by atoms with Crippen molar-refractivity contribution in [2.45, 2.75) is 26.8 Å².